The molecule has 0 aliphatic carbocycles. The summed E-state index contributed by atoms with van der Waals surface area (Å²) in [5.74, 6) is 0.101. The highest BCUT2D eigenvalue weighted by atomic mass is 19.4. The number of nitrogens with zero attached hydrogens (tertiary/aromatic N) is 5. The van der Waals surface area contributed by atoms with Crippen LogP contribution in [0.25, 0.3) is 16.9 Å². The summed E-state index contributed by atoms with van der Waals surface area (Å²) in [6.45, 7) is 4.32. The Morgan fingerprint density at radius 3 is 2.56 bits per heavy atom. The van der Waals surface area contributed by atoms with Gasteiger partial charge in [0.1, 0.15) is 11.3 Å². The van der Waals surface area contributed by atoms with Gasteiger partial charge in [-0.25, -0.2) is 9.50 Å². The molecule has 1 N–H and O–H groups in total. The van der Waals surface area contributed by atoms with Crippen molar-refractivity contribution in [2.24, 2.45) is 0 Å². The third-order valence-corrected chi connectivity index (χ3v) is 7.21. The van der Waals surface area contributed by atoms with Gasteiger partial charge in [-0.1, -0.05) is 0 Å². The molecule has 12 heteroatoms. The Morgan fingerprint density at radius 1 is 1.23 bits per heavy atom. The molecule has 3 aromatic heterocycles. The molecule has 0 radical (unpaired) electrons. The summed E-state index contributed by atoms with van der Waals surface area (Å²) in [7, 11) is 1.50. The highest BCUT2D eigenvalue weighted by Crippen LogP contribution is 2.37. The second-order valence-electron chi connectivity index (χ2n) is 9.55. The van der Waals surface area contributed by atoms with Crippen molar-refractivity contribution in [1.82, 2.24) is 24.4 Å². The monoisotopic (exact) mass is 543 g/mol. The van der Waals surface area contributed by atoms with Gasteiger partial charge >= 0.3 is 6.18 Å². The first-order valence-electron chi connectivity index (χ1n) is 12.4. The maximum Gasteiger partial charge on any atom is 0.433 e. The van der Waals surface area contributed by atoms with Gasteiger partial charge in [0, 0.05) is 42.4 Å². The van der Waals surface area contributed by atoms with E-state index in [2.05, 4.69) is 15.0 Å². The van der Waals surface area contributed by atoms with Crippen LogP contribution in [0.3, 0.4) is 0 Å². The molecule has 0 bridgehead atoms. The van der Waals surface area contributed by atoms with Crippen molar-refractivity contribution in [2.45, 2.75) is 32.1 Å². The van der Waals surface area contributed by atoms with Crippen LogP contribution in [0.1, 0.15) is 40.1 Å². The lowest BCUT2D eigenvalue weighted by atomic mass is 10.0. The smallest absolute Gasteiger partial charge is 0.433 e. The highest BCUT2D eigenvalue weighted by Gasteiger charge is 2.39. The molecule has 39 heavy (non-hydrogen) atoms. The molecule has 0 spiro atoms. The number of alkyl halides is 3. The fourth-order valence-corrected chi connectivity index (χ4v) is 5.21. The first-order valence-corrected chi connectivity index (χ1v) is 12.4. The summed E-state index contributed by atoms with van der Waals surface area (Å²) in [6, 6.07) is 7.75. The summed E-state index contributed by atoms with van der Waals surface area (Å²) in [4.78, 5) is 21.9. The standard InChI is InChI=1S/C27H28F3N5O4/c1-16-13-33(22(14-36)19-8-11-39-15-19)9-10-34(16)26(37)21-12-31-35-24(27(28,29)30)17(2)23(32-25(21)35)18-4-6-20(38-3)7-5-18/h4-8,11-12,15-16,22,36H,9-10,13-14H2,1-3H3/t16-,22+/m1/s1. The number of furan rings is 1. The number of halogens is 3. The Kier molecular flexibility index (Phi) is 7.08. The zero-order valence-corrected chi connectivity index (χ0v) is 21.6. The van der Waals surface area contributed by atoms with E-state index in [9.17, 15) is 23.1 Å². The maximum absolute atomic E-state index is 14.3. The van der Waals surface area contributed by atoms with Gasteiger partial charge in [-0.3, -0.25) is 9.69 Å². The molecule has 1 saturated heterocycles. The lowest BCUT2D eigenvalue weighted by molar-refractivity contribution is -0.143. The second kappa shape index (κ2) is 10.3. The van der Waals surface area contributed by atoms with Crippen LogP contribution < -0.4 is 4.74 Å². The van der Waals surface area contributed by atoms with Gasteiger partial charge in [0.05, 0.1) is 44.2 Å². The van der Waals surface area contributed by atoms with E-state index < -0.39 is 17.8 Å². The van der Waals surface area contributed by atoms with Crippen molar-refractivity contribution in [1.29, 1.82) is 0 Å². The lowest BCUT2D eigenvalue weighted by Gasteiger charge is -2.42. The predicted molar refractivity (Wildman–Crippen MR) is 135 cm³/mol. The average Bonchev–Trinajstić information content (AvgIpc) is 3.58. The largest absolute Gasteiger partial charge is 0.497 e. The number of piperazine rings is 1. The highest BCUT2D eigenvalue weighted by molar-refractivity contribution is 6.00. The number of carbonyl (C=O) groups is 1. The third kappa shape index (κ3) is 4.85. The van der Waals surface area contributed by atoms with Crippen LogP contribution in [0.15, 0.2) is 53.5 Å². The van der Waals surface area contributed by atoms with Crippen molar-refractivity contribution >= 4 is 11.6 Å². The molecule has 206 valence electrons. The molecule has 2 atom stereocenters. The van der Waals surface area contributed by atoms with Crippen LogP contribution in [-0.2, 0) is 6.18 Å². The molecule has 0 saturated carbocycles. The number of ether oxygens (including phenoxy) is 1. The Hall–Kier alpha value is -3.90. The van der Waals surface area contributed by atoms with Crippen molar-refractivity contribution in [3.05, 3.63) is 71.4 Å². The van der Waals surface area contributed by atoms with Crippen LogP contribution in [0.2, 0.25) is 0 Å². The normalized spacial score (nSPS) is 17.5. The quantitative estimate of drug-likeness (QED) is 0.389. The van der Waals surface area contributed by atoms with E-state index in [1.807, 2.05) is 6.92 Å². The number of hydrogen-bond acceptors (Lipinski definition) is 7. The molecule has 1 fully saturated rings. The number of benzene rings is 1. The minimum atomic E-state index is -4.73. The van der Waals surface area contributed by atoms with E-state index in [4.69, 9.17) is 9.15 Å². The summed E-state index contributed by atoms with van der Waals surface area (Å²) >= 11 is 0. The van der Waals surface area contributed by atoms with Gasteiger partial charge in [-0.2, -0.15) is 18.3 Å². The predicted octanol–water partition coefficient (Wildman–Crippen LogP) is 4.21. The summed E-state index contributed by atoms with van der Waals surface area (Å²) in [5.41, 5.74) is 0.138. The minimum Gasteiger partial charge on any atom is -0.497 e. The van der Waals surface area contributed by atoms with Crippen molar-refractivity contribution in [2.75, 3.05) is 33.4 Å². The Bertz CT molecular complexity index is 1470. The first-order chi connectivity index (χ1) is 18.6. The minimum absolute atomic E-state index is 0.0101. The SMILES string of the molecule is COc1ccc(-c2nc3c(C(=O)N4CCN([C@@H](CO)c5ccoc5)C[C@H]4C)cnn3c(C(F)(F)F)c2C)cc1. The van der Waals surface area contributed by atoms with Gasteiger partial charge in [-0.05, 0) is 44.2 Å². The molecule has 4 heterocycles. The molecule has 1 aliphatic rings. The van der Waals surface area contributed by atoms with Gasteiger partial charge in [0.25, 0.3) is 5.91 Å². The molecule has 9 nitrogen and oxygen atoms in total. The number of hydrogen-bond donors (Lipinski definition) is 1. The molecule has 1 aromatic carbocycles. The van der Waals surface area contributed by atoms with Gasteiger partial charge in [0.2, 0.25) is 0 Å². The van der Waals surface area contributed by atoms with Crippen LogP contribution in [0, 0.1) is 6.92 Å². The maximum atomic E-state index is 14.3. The molecule has 0 unspecified atom stereocenters. The Morgan fingerprint density at radius 2 is 1.97 bits per heavy atom. The topological polar surface area (TPSA) is 96.3 Å². The number of amides is 1. The van der Waals surface area contributed by atoms with Gasteiger partial charge < -0.3 is 19.2 Å². The van der Waals surface area contributed by atoms with Crippen molar-refractivity contribution in [3.8, 4) is 17.0 Å². The second-order valence-corrected chi connectivity index (χ2v) is 9.55. The van der Waals surface area contributed by atoms with Crippen LogP contribution in [0.5, 0.6) is 5.75 Å². The van der Waals surface area contributed by atoms with Crippen molar-refractivity contribution in [3.63, 3.8) is 0 Å². The van der Waals surface area contributed by atoms with Crippen LogP contribution >= 0.6 is 0 Å². The van der Waals surface area contributed by atoms with Gasteiger partial charge in [0.15, 0.2) is 11.3 Å². The number of carbonyl (C=O) groups excluding carboxylic acids is 1. The number of methoxy groups -OCH3 is 1. The molecular formula is C27H28F3N5O4. The third-order valence-electron chi connectivity index (χ3n) is 7.21. The average molecular weight is 544 g/mol. The Labute approximate surface area is 222 Å². The van der Waals surface area contributed by atoms with E-state index >= 15 is 0 Å². The van der Waals surface area contributed by atoms with Crippen LogP contribution in [-0.4, -0.2) is 74.8 Å². The van der Waals surface area contributed by atoms with Crippen molar-refractivity contribution < 1.29 is 32.2 Å². The van der Waals surface area contributed by atoms with Gasteiger partial charge in [-0.15, -0.1) is 0 Å². The zero-order valence-electron chi connectivity index (χ0n) is 21.6. The lowest BCUT2D eigenvalue weighted by Crippen LogP contribution is -2.55. The first kappa shape index (κ1) is 26.7. The van der Waals surface area contributed by atoms with E-state index in [0.29, 0.717) is 35.5 Å². The van der Waals surface area contributed by atoms with E-state index in [1.54, 1.807) is 41.5 Å². The van der Waals surface area contributed by atoms with E-state index in [0.717, 1.165) is 11.8 Å². The molecule has 4 aromatic rings. The fourth-order valence-electron chi connectivity index (χ4n) is 5.21. The number of aromatic nitrogens is 3. The number of aliphatic hydroxyl groups is 1. The summed E-state index contributed by atoms with van der Waals surface area (Å²) in [5, 5.41) is 13.9. The summed E-state index contributed by atoms with van der Waals surface area (Å²) < 4.78 is 53.8. The molecule has 1 amide bonds. The van der Waals surface area contributed by atoms with E-state index in [-0.39, 0.29) is 41.2 Å². The Balaban J connectivity index is 1.50. The zero-order chi connectivity index (χ0) is 27.9. The molecule has 1 aliphatic heterocycles. The number of rotatable bonds is 6. The molecule has 5 rings (SSSR count). The van der Waals surface area contributed by atoms with Crippen LogP contribution in [0.4, 0.5) is 13.2 Å². The number of fused-ring (bicyclic) bond motifs is 1. The van der Waals surface area contributed by atoms with E-state index in [1.165, 1.54) is 20.3 Å². The summed E-state index contributed by atoms with van der Waals surface area (Å²) in [6.07, 6.45) is -0.465. The number of aliphatic hydroxyl groups excluding tert-OH is 1. The molecular weight excluding hydrogens is 515 g/mol. The fraction of sp³-hybridized carbons (Fsp3) is 0.370.